The number of nitrogens with one attached hydrogen (secondary N) is 1. The number of hydrogen-bond acceptors (Lipinski definition) is 5. The molecule has 0 saturated carbocycles. The molecule has 1 atom stereocenters. The summed E-state index contributed by atoms with van der Waals surface area (Å²) in [6, 6.07) is 17.5. The van der Waals surface area contributed by atoms with Gasteiger partial charge in [0.2, 0.25) is 5.91 Å². The molecule has 0 aliphatic rings. The number of rotatable bonds is 6. The zero-order chi connectivity index (χ0) is 19.2. The minimum absolute atomic E-state index is 0.0969. The van der Waals surface area contributed by atoms with E-state index in [0.717, 1.165) is 27.6 Å². The molecule has 1 heterocycles. The maximum absolute atomic E-state index is 11.7. The van der Waals surface area contributed by atoms with Crippen molar-refractivity contribution in [2.45, 2.75) is 32.7 Å². The van der Waals surface area contributed by atoms with Gasteiger partial charge in [0, 0.05) is 12.5 Å². The number of aromatic nitrogens is 2. The van der Waals surface area contributed by atoms with Crippen LogP contribution in [0.2, 0.25) is 0 Å². The lowest BCUT2D eigenvalue weighted by Gasteiger charge is -2.15. The van der Waals surface area contributed by atoms with Crippen LogP contribution in [0.5, 0.6) is 0 Å². The number of carbonyl (C=O) groups excluding carboxylic acids is 1. The van der Waals surface area contributed by atoms with Gasteiger partial charge >= 0.3 is 0 Å². The van der Waals surface area contributed by atoms with E-state index >= 15 is 0 Å². The van der Waals surface area contributed by atoms with Gasteiger partial charge in [-0.25, -0.2) is 0 Å². The molecule has 2 aromatic carbocycles. The highest BCUT2D eigenvalue weighted by Gasteiger charge is 2.19. The summed E-state index contributed by atoms with van der Waals surface area (Å²) in [5.74, 6) is -0.0969. The van der Waals surface area contributed by atoms with Gasteiger partial charge < -0.3 is 5.32 Å². The largest absolute Gasteiger partial charge is 0.347 e. The van der Waals surface area contributed by atoms with Gasteiger partial charge in [-0.3, -0.25) is 4.79 Å². The van der Waals surface area contributed by atoms with Crippen molar-refractivity contribution in [1.82, 2.24) is 15.5 Å². The molecule has 0 aliphatic heterocycles. The van der Waals surface area contributed by atoms with Crippen LogP contribution in [0.15, 0.2) is 48.5 Å². The zero-order valence-corrected chi connectivity index (χ0v) is 16.1. The highest BCUT2D eigenvalue weighted by molar-refractivity contribution is 7.14. The number of carbonyl (C=O) groups is 1. The maximum Gasteiger partial charge on any atom is 0.217 e. The molecule has 1 unspecified atom stereocenters. The predicted octanol–water partition coefficient (Wildman–Crippen LogP) is 4.06. The average Bonchev–Trinajstić information content (AvgIpc) is 3.18. The molecule has 0 fully saturated rings. The number of hydrogen-bond donors (Lipinski definition) is 1. The van der Waals surface area contributed by atoms with E-state index in [4.69, 9.17) is 5.26 Å². The fourth-order valence-corrected chi connectivity index (χ4v) is 3.67. The third-order valence-corrected chi connectivity index (χ3v) is 5.33. The molecule has 1 aromatic heterocycles. The third-order valence-electron chi connectivity index (χ3n) is 4.25. The summed E-state index contributed by atoms with van der Waals surface area (Å²) < 4.78 is 0. The van der Waals surface area contributed by atoms with Crippen LogP contribution in [-0.2, 0) is 17.6 Å². The molecule has 136 valence electrons. The van der Waals surface area contributed by atoms with Crippen molar-refractivity contribution in [2.75, 3.05) is 0 Å². The molecule has 0 saturated heterocycles. The zero-order valence-electron chi connectivity index (χ0n) is 15.3. The highest BCUT2D eigenvalue weighted by atomic mass is 32.1. The highest BCUT2D eigenvalue weighted by Crippen LogP contribution is 2.28. The Bertz CT molecular complexity index is 955. The lowest BCUT2D eigenvalue weighted by atomic mass is 10.0. The van der Waals surface area contributed by atoms with Crippen LogP contribution < -0.4 is 5.32 Å². The number of benzene rings is 2. The van der Waals surface area contributed by atoms with Gasteiger partial charge in [-0.1, -0.05) is 54.7 Å². The lowest BCUT2D eigenvalue weighted by Crippen LogP contribution is -2.27. The van der Waals surface area contributed by atoms with Gasteiger partial charge in [0.05, 0.1) is 17.7 Å². The number of amides is 1. The fraction of sp³-hybridized carbons (Fsp3) is 0.238. The van der Waals surface area contributed by atoms with Gasteiger partial charge in [0.15, 0.2) is 0 Å². The lowest BCUT2D eigenvalue weighted by molar-refractivity contribution is -0.119. The number of nitrogens with zero attached hydrogens (tertiary/aromatic N) is 3. The van der Waals surface area contributed by atoms with Crippen molar-refractivity contribution in [3.05, 3.63) is 70.2 Å². The molecular formula is C21H20N4OS. The minimum atomic E-state index is -0.223. The first-order valence-corrected chi connectivity index (χ1v) is 9.59. The minimum Gasteiger partial charge on any atom is -0.347 e. The van der Waals surface area contributed by atoms with Crippen LogP contribution in [0.3, 0.4) is 0 Å². The van der Waals surface area contributed by atoms with Crippen LogP contribution in [0.25, 0.3) is 10.6 Å². The Hall–Kier alpha value is -3.04. The Morgan fingerprint density at radius 1 is 1.11 bits per heavy atom. The summed E-state index contributed by atoms with van der Waals surface area (Å²) in [5.41, 5.74) is 3.94. The summed E-state index contributed by atoms with van der Waals surface area (Å²) >= 11 is 1.46. The molecule has 0 radical (unpaired) electrons. The molecule has 3 rings (SSSR count). The third kappa shape index (κ3) is 4.78. The molecular weight excluding hydrogens is 356 g/mol. The second-order valence-corrected chi connectivity index (χ2v) is 7.27. The molecule has 6 heteroatoms. The van der Waals surface area contributed by atoms with Crippen LogP contribution in [0.4, 0.5) is 0 Å². The molecule has 1 N–H and O–H groups in total. The van der Waals surface area contributed by atoms with Crippen molar-refractivity contribution in [3.63, 3.8) is 0 Å². The van der Waals surface area contributed by atoms with Crippen molar-refractivity contribution in [3.8, 4) is 16.6 Å². The van der Waals surface area contributed by atoms with E-state index < -0.39 is 0 Å². The molecule has 0 aliphatic carbocycles. The summed E-state index contributed by atoms with van der Waals surface area (Å²) in [7, 11) is 0. The Balaban J connectivity index is 1.83. The van der Waals surface area contributed by atoms with E-state index in [1.165, 1.54) is 23.8 Å². The van der Waals surface area contributed by atoms with Crippen molar-refractivity contribution in [1.29, 1.82) is 5.26 Å². The molecule has 1 amide bonds. The maximum atomic E-state index is 11.7. The molecule has 0 spiro atoms. The Morgan fingerprint density at radius 3 is 2.37 bits per heavy atom. The van der Waals surface area contributed by atoms with Crippen LogP contribution in [0, 0.1) is 11.3 Å². The van der Waals surface area contributed by atoms with Gasteiger partial charge in [-0.2, -0.15) is 5.26 Å². The quantitative estimate of drug-likeness (QED) is 0.704. The van der Waals surface area contributed by atoms with E-state index in [2.05, 4.69) is 52.8 Å². The predicted molar refractivity (Wildman–Crippen MR) is 106 cm³/mol. The Labute approximate surface area is 162 Å². The van der Waals surface area contributed by atoms with Crippen molar-refractivity contribution >= 4 is 17.2 Å². The van der Waals surface area contributed by atoms with E-state index in [0.29, 0.717) is 12.0 Å². The molecule has 0 bridgehead atoms. The summed E-state index contributed by atoms with van der Waals surface area (Å²) in [6.07, 6.45) is 1.66. The standard InChI is InChI=1S/C21H20N4OS/c1-3-15-4-6-16(7-5-15)12-19(23-14(2)26)21-25-24-20(27-21)18-10-8-17(13-22)9-11-18/h4-11,19H,3,12H2,1-2H3,(H,23,26). The number of aryl methyl sites for hydroxylation is 1. The van der Waals surface area contributed by atoms with Gasteiger partial charge in [-0.05, 0) is 36.1 Å². The van der Waals surface area contributed by atoms with Gasteiger partial charge in [-0.15, -0.1) is 10.2 Å². The number of nitriles is 1. The molecule has 3 aromatic rings. The van der Waals surface area contributed by atoms with Gasteiger partial charge in [0.25, 0.3) is 0 Å². The van der Waals surface area contributed by atoms with Crippen LogP contribution >= 0.6 is 11.3 Å². The first-order chi connectivity index (χ1) is 13.1. The van der Waals surface area contributed by atoms with Crippen LogP contribution in [-0.4, -0.2) is 16.1 Å². The SMILES string of the molecule is CCc1ccc(CC(NC(C)=O)c2nnc(-c3ccc(C#N)cc3)s2)cc1. The molecule has 27 heavy (non-hydrogen) atoms. The summed E-state index contributed by atoms with van der Waals surface area (Å²) in [6.45, 7) is 3.64. The second-order valence-electron chi connectivity index (χ2n) is 6.26. The topological polar surface area (TPSA) is 78.7 Å². The van der Waals surface area contributed by atoms with Gasteiger partial charge in [0.1, 0.15) is 10.0 Å². The second kappa shape index (κ2) is 8.56. The first kappa shape index (κ1) is 18.7. The van der Waals surface area contributed by atoms with E-state index in [-0.39, 0.29) is 11.9 Å². The fourth-order valence-electron chi connectivity index (χ4n) is 2.77. The van der Waals surface area contributed by atoms with Crippen LogP contribution in [0.1, 0.15) is 41.6 Å². The summed E-state index contributed by atoms with van der Waals surface area (Å²) in [4.78, 5) is 11.7. The van der Waals surface area contributed by atoms with E-state index in [1.54, 1.807) is 12.1 Å². The summed E-state index contributed by atoms with van der Waals surface area (Å²) in [5, 5.41) is 22.0. The smallest absolute Gasteiger partial charge is 0.217 e. The first-order valence-electron chi connectivity index (χ1n) is 8.78. The van der Waals surface area contributed by atoms with Crippen molar-refractivity contribution < 1.29 is 4.79 Å². The molecule has 5 nitrogen and oxygen atoms in total. The van der Waals surface area contributed by atoms with Crippen molar-refractivity contribution in [2.24, 2.45) is 0 Å². The van der Waals surface area contributed by atoms with E-state index in [1.807, 2.05) is 12.1 Å². The normalized spacial score (nSPS) is 11.6. The van der Waals surface area contributed by atoms with E-state index in [9.17, 15) is 4.79 Å². The Morgan fingerprint density at radius 2 is 1.78 bits per heavy atom. The Kier molecular flexibility index (Phi) is 5.94. The monoisotopic (exact) mass is 376 g/mol. The average molecular weight is 376 g/mol.